The van der Waals surface area contributed by atoms with Crippen LogP contribution in [0.5, 0.6) is 0 Å². The monoisotopic (exact) mass is 308 g/mol. The number of hydrogen-bond acceptors (Lipinski definition) is 6. The molecule has 1 N–H and O–H groups in total. The molecule has 0 saturated carbocycles. The third kappa shape index (κ3) is 2.18. The highest BCUT2D eigenvalue weighted by Crippen LogP contribution is 2.10. The van der Waals surface area contributed by atoms with E-state index in [0.29, 0.717) is 17.2 Å². The molecule has 0 aliphatic heterocycles. The first-order valence-corrected chi connectivity index (χ1v) is 6.93. The van der Waals surface area contributed by atoms with Gasteiger partial charge in [-0.15, -0.1) is 5.10 Å². The van der Waals surface area contributed by atoms with Crippen molar-refractivity contribution >= 4 is 23.1 Å². The molecular formula is C14H12N8O. The Morgan fingerprint density at radius 3 is 2.87 bits per heavy atom. The van der Waals surface area contributed by atoms with Gasteiger partial charge in [0.1, 0.15) is 5.82 Å². The fourth-order valence-electron chi connectivity index (χ4n) is 2.36. The lowest BCUT2D eigenvalue weighted by Gasteiger charge is -2.04. The van der Waals surface area contributed by atoms with Crippen molar-refractivity contribution < 1.29 is 4.79 Å². The van der Waals surface area contributed by atoms with Crippen LogP contribution in [0.3, 0.4) is 0 Å². The zero-order valence-electron chi connectivity index (χ0n) is 12.4. The van der Waals surface area contributed by atoms with Crippen LogP contribution in [0, 0.1) is 13.8 Å². The lowest BCUT2D eigenvalue weighted by Crippen LogP contribution is -2.16. The maximum atomic E-state index is 12.4. The van der Waals surface area contributed by atoms with Crippen molar-refractivity contribution in [3.63, 3.8) is 0 Å². The standard InChI is InChI=1S/C14H12N8O/c1-8-7-9(2)21-14(17-8)19-12(20-21)13(23)18-11-3-5-15-10-4-6-16-22(10)11/h3-7H,1-2H3,(H,18,23). The summed E-state index contributed by atoms with van der Waals surface area (Å²) in [6, 6.07) is 5.27. The first-order chi connectivity index (χ1) is 11.1. The smallest absolute Gasteiger partial charge is 0.296 e. The lowest BCUT2D eigenvalue weighted by molar-refractivity contribution is 0.101. The van der Waals surface area contributed by atoms with E-state index < -0.39 is 5.91 Å². The number of rotatable bonds is 2. The molecule has 0 aliphatic rings. The molecule has 9 nitrogen and oxygen atoms in total. The van der Waals surface area contributed by atoms with E-state index in [0.717, 1.165) is 11.4 Å². The second-order valence-corrected chi connectivity index (χ2v) is 5.07. The zero-order valence-corrected chi connectivity index (χ0v) is 12.4. The summed E-state index contributed by atoms with van der Waals surface area (Å²) in [4.78, 5) is 25.0. The average molecular weight is 308 g/mol. The van der Waals surface area contributed by atoms with E-state index >= 15 is 0 Å². The number of carbonyl (C=O) groups excluding carboxylic acids is 1. The minimum Gasteiger partial charge on any atom is -0.304 e. The summed E-state index contributed by atoms with van der Waals surface area (Å²) in [5.74, 6) is 0.496. The van der Waals surface area contributed by atoms with Crippen LogP contribution in [0.4, 0.5) is 5.82 Å². The van der Waals surface area contributed by atoms with Crippen LogP contribution >= 0.6 is 0 Å². The molecular weight excluding hydrogens is 296 g/mol. The summed E-state index contributed by atoms with van der Waals surface area (Å²) in [5.41, 5.74) is 2.32. The maximum Gasteiger partial charge on any atom is 0.296 e. The van der Waals surface area contributed by atoms with Gasteiger partial charge in [-0.2, -0.15) is 14.6 Å². The third-order valence-corrected chi connectivity index (χ3v) is 3.35. The molecule has 4 heterocycles. The van der Waals surface area contributed by atoms with Crippen molar-refractivity contribution in [1.29, 1.82) is 0 Å². The van der Waals surface area contributed by atoms with Crippen LogP contribution in [0.15, 0.2) is 30.6 Å². The highest BCUT2D eigenvalue weighted by molar-refractivity contribution is 6.01. The van der Waals surface area contributed by atoms with Crippen molar-refractivity contribution in [2.45, 2.75) is 13.8 Å². The van der Waals surface area contributed by atoms with E-state index in [1.807, 2.05) is 19.9 Å². The molecule has 0 aromatic carbocycles. The lowest BCUT2D eigenvalue weighted by atomic mass is 10.4. The highest BCUT2D eigenvalue weighted by Gasteiger charge is 2.16. The predicted molar refractivity (Wildman–Crippen MR) is 81.2 cm³/mol. The van der Waals surface area contributed by atoms with Gasteiger partial charge in [0, 0.05) is 23.7 Å². The largest absolute Gasteiger partial charge is 0.304 e. The molecule has 114 valence electrons. The minimum atomic E-state index is -0.435. The van der Waals surface area contributed by atoms with Crippen molar-refractivity contribution in [3.05, 3.63) is 47.8 Å². The number of fused-ring (bicyclic) bond motifs is 2. The van der Waals surface area contributed by atoms with E-state index in [1.165, 1.54) is 9.03 Å². The first kappa shape index (κ1) is 13.3. The third-order valence-electron chi connectivity index (χ3n) is 3.35. The van der Waals surface area contributed by atoms with Gasteiger partial charge in [-0.3, -0.25) is 4.79 Å². The Kier molecular flexibility index (Phi) is 2.80. The normalized spacial score (nSPS) is 11.2. The van der Waals surface area contributed by atoms with Gasteiger partial charge < -0.3 is 5.32 Å². The number of nitrogens with one attached hydrogen (secondary N) is 1. The maximum absolute atomic E-state index is 12.4. The summed E-state index contributed by atoms with van der Waals surface area (Å²) < 4.78 is 3.07. The number of anilines is 1. The summed E-state index contributed by atoms with van der Waals surface area (Å²) in [6.45, 7) is 3.75. The van der Waals surface area contributed by atoms with E-state index in [2.05, 4.69) is 30.5 Å². The second kappa shape index (κ2) is 4.83. The topological polar surface area (TPSA) is 102 Å². The average Bonchev–Trinajstić information content (AvgIpc) is 3.13. The quantitative estimate of drug-likeness (QED) is 0.593. The van der Waals surface area contributed by atoms with Gasteiger partial charge in [-0.25, -0.2) is 14.5 Å². The molecule has 0 unspecified atom stereocenters. The molecule has 0 atom stereocenters. The van der Waals surface area contributed by atoms with Crippen LogP contribution in [-0.4, -0.2) is 40.1 Å². The van der Waals surface area contributed by atoms with Crippen LogP contribution in [0.1, 0.15) is 22.0 Å². The Morgan fingerprint density at radius 2 is 2.00 bits per heavy atom. The predicted octanol–water partition coefficient (Wildman–Crippen LogP) is 1.04. The van der Waals surface area contributed by atoms with Gasteiger partial charge in [0.2, 0.25) is 5.82 Å². The number of hydrogen-bond donors (Lipinski definition) is 1. The molecule has 0 radical (unpaired) electrons. The number of carbonyl (C=O) groups is 1. The molecule has 0 fully saturated rings. The van der Waals surface area contributed by atoms with Crippen molar-refractivity contribution in [1.82, 2.24) is 34.2 Å². The summed E-state index contributed by atoms with van der Waals surface area (Å²) in [7, 11) is 0. The first-order valence-electron chi connectivity index (χ1n) is 6.93. The molecule has 4 aromatic rings. The Balaban J connectivity index is 1.72. The Morgan fingerprint density at radius 1 is 1.13 bits per heavy atom. The van der Waals surface area contributed by atoms with E-state index in [4.69, 9.17) is 0 Å². The molecule has 1 amide bonds. The van der Waals surface area contributed by atoms with E-state index in [-0.39, 0.29) is 5.82 Å². The van der Waals surface area contributed by atoms with E-state index in [9.17, 15) is 4.79 Å². The Hall–Kier alpha value is -3.36. The van der Waals surface area contributed by atoms with Crippen molar-refractivity contribution in [3.8, 4) is 0 Å². The molecule has 0 bridgehead atoms. The SMILES string of the molecule is Cc1cc(C)n2nc(C(=O)Nc3ccnc4ccnn34)nc2n1. The minimum absolute atomic E-state index is 0.0447. The van der Waals surface area contributed by atoms with Crippen LogP contribution in [0.25, 0.3) is 11.4 Å². The molecule has 23 heavy (non-hydrogen) atoms. The van der Waals surface area contributed by atoms with Crippen molar-refractivity contribution in [2.75, 3.05) is 5.32 Å². The van der Waals surface area contributed by atoms with Crippen LogP contribution in [0.2, 0.25) is 0 Å². The van der Waals surface area contributed by atoms with Gasteiger partial charge >= 0.3 is 0 Å². The summed E-state index contributed by atoms with van der Waals surface area (Å²) in [6.07, 6.45) is 3.20. The van der Waals surface area contributed by atoms with Gasteiger partial charge in [-0.05, 0) is 26.0 Å². The van der Waals surface area contributed by atoms with Crippen molar-refractivity contribution in [2.24, 2.45) is 0 Å². The fraction of sp³-hybridized carbons (Fsp3) is 0.143. The molecule has 4 rings (SSSR count). The van der Waals surface area contributed by atoms with Gasteiger partial charge in [-0.1, -0.05) is 0 Å². The summed E-state index contributed by atoms with van der Waals surface area (Å²) >= 11 is 0. The number of nitrogens with zero attached hydrogens (tertiary/aromatic N) is 7. The van der Waals surface area contributed by atoms with Gasteiger partial charge in [0.25, 0.3) is 11.7 Å². The molecule has 9 heteroatoms. The van der Waals surface area contributed by atoms with E-state index in [1.54, 1.807) is 24.5 Å². The van der Waals surface area contributed by atoms with Crippen LogP contribution < -0.4 is 5.32 Å². The van der Waals surface area contributed by atoms with Gasteiger partial charge in [0.15, 0.2) is 5.65 Å². The molecule has 0 saturated heterocycles. The Bertz CT molecular complexity index is 1050. The Labute approximate surface area is 130 Å². The van der Waals surface area contributed by atoms with Gasteiger partial charge in [0.05, 0.1) is 6.20 Å². The highest BCUT2D eigenvalue weighted by atomic mass is 16.2. The molecule has 4 aromatic heterocycles. The summed E-state index contributed by atoms with van der Waals surface area (Å²) in [5, 5.41) is 11.1. The van der Waals surface area contributed by atoms with Crippen LogP contribution in [-0.2, 0) is 0 Å². The number of aryl methyl sites for hydroxylation is 2. The molecule has 0 spiro atoms. The number of amides is 1. The molecule has 0 aliphatic carbocycles. The zero-order chi connectivity index (χ0) is 16.0. The fourth-order valence-corrected chi connectivity index (χ4v) is 2.36. The number of aromatic nitrogens is 7. The second-order valence-electron chi connectivity index (χ2n) is 5.07.